The van der Waals surface area contributed by atoms with E-state index in [0.717, 1.165) is 66.7 Å². The van der Waals surface area contributed by atoms with Crippen molar-refractivity contribution in [1.29, 1.82) is 0 Å². The van der Waals surface area contributed by atoms with Gasteiger partial charge in [-0.05, 0) is 36.8 Å². The number of aromatic amines is 2. The Kier molecular flexibility index (Phi) is 3.49. The van der Waals surface area contributed by atoms with E-state index in [1.165, 1.54) is 0 Å². The number of hydrogen-bond donors (Lipinski definition) is 2. The summed E-state index contributed by atoms with van der Waals surface area (Å²) >= 11 is 0. The molecule has 0 atom stereocenters. The first-order valence-corrected chi connectivity index (χ1v) is 9.81. The maximum Gasteiger partial charge on any atom is 0.103 e. The van der Waals surface area contributed by atoms with E-state index in [1.807, 2.05) is 26.2 Å². The van der Waals surface area contributed by atoms with Crippen LogP contribution in [0.1, 0.15) is 11.6 Å². The van der Waals surface area contributed by atoms with Gasteiger partial charge >= 0.3 is 0 Å². The van der Waals surface area contributed by atoms with Crippen LogP contribution in [0.4, 0.5) is 0 Å². The number of nitrogens with zero attached hydrogens (tertiary/aromatic N) is 4. The number of benzene rings is 3. The average molecular weight is 390 g/mol. The van der Waals surface area contributed by atoms with Crippen molar-refractivity contribution < 1.29 is 0 Å². The first kappa shape index (κ1) is 16.9. The second-order valence-corrected chi connectivity index (χ2v) is 7.54. The minimum Gasteiger partial charge on any atom is -0.342 e. The molecule has 0 spiro atoms. The molecule has 0 unspecified atom stereocenters. The van der Waals surface area contributed by atoms with Crippen LogP contribution in [0.2, 0.25) is 0 Å². The molecule has 6 heteroatoms. The number of rotatable bonds is 2. The number of nitrogens with one attached hydrogen (secondary N) is 2. The summed E-state index contributed by atoms with van der Waals surface area (Å²) in [6.45, 7) is 3.91. The van der Waals surface area contributed by atoms with Gasteiger partial charge in [0.1, 0.15) is 11.6 Å². The van der Waals surface area contributed by atoms with Crippen LogP contribution in [0.3, 0.4) is 0 Å². The Morgan fingerprint density at radius 3 is 1.43 bits per heavy atom. The number of H-pyrrole nitrogens is 2. The number of aromatic nitrogens is 6. The molecule has 0 aliphatic carbocycles. The predicted octanol–water partition coefficient (Wildman–Crippen LogP) is 5.33. The fourth-order valence-electron chi connectivity index (χ4n) is 4.15. The van der Waals surface area contributed by atoms with Crippen molar-refractivity contribution in [1.82, 2.24) is 29.9 Å². The minimum atomic E-state index is 0.898. The van der Waals surface area contributed by atoms with Crippen LogP contribution >= 0.6 is 0 Å². The largest absolute Gasteiger partial charge is 0.342 e. The highest BCUT2D eigenvalue weighted by Gasteiger charge is 2.13. The van der Waals surface area contributed by atoms with Crippen LogP contribution in [-0.2, 0) is 0 Å². The first-order valence-electron chi connectivity index (χ1n) is 9.81. The van der Waals surface area contributed by atoms with Gasteiger partial charge in [-0.2, -0.15) is 0 Å². The third-order valence-corrected chi connectivity index (χ3v) is 5.57. The van der Waals surface area contributed by atoms with E-state index >= 15 is 0 Å². The maximum absolute atomic E-state index is 4.70. The van der Waals surface area contributed by atoms with Crippen molar-refractivity contribution in [3.05, 3.63) is 72.8 Å². The van der Waals surface area contributed by atoms with Gasteiger partial charge in [0.15, 0.2) is 0 Å². The lowest BCUT2D eigenvalue weighted by atomic mass is 9.95. The zero-order valence-corrected chi connectivity index (χ0v) is 16.6. The molecule has 0 saturated heterocycles. The lowest BCUT2D eigenvalue weighted by Gasteiger charge is -2.11. The Morgan fingerprint density at radius 2 is 1.03 bits per heavy atom. The summed E-state index contributed by atoms with van der Waals surface area (Å²) in [5.41, 5.74) is 5.96. The molecule has 30 heavy (non-hydrogen) atoms. The molecule has 0 fully saturated rings. The van der Waals surface area contributed by atoms with E-state index in [4.69, 9.17) is 9.97 Å². The van der Waals surface area contributed by atoms with E-state index in [-0.39, 0.29) is 0 Å². The molecule has 3 aromatic carbocycles. The molecule has 6 rings (SSSR count). The molecule has 0 saturated carbocycles. The van der Waals surface area contributed by atoms with E-state index in [9.17, 15) is 0 Å². The van der Waals surface area contributed by atoms with Crippen molar-refractivity contribution >= 4 is 32.6 Å². The monoisotopic (exact) mass is 390 g/mol. The molecule has 3 heterocycles. The molecule has 0 bridgehead atoms. The molecule has 0 radical (unpaired) electrons. The number of imidazole rings is 2. The molecule has 3 aromatic heterocycles. The van der Waals surface area contributed by atoms with Gasteiger partial charge in [0.2, 0.25) is 0 Å². The normalized spacial score (nSPS) is 11.7. The first-order chi connectivity index (χ1) is 14.7. The highest BCUT2D eigenvalue weighted by atomic mass is 14.9. The van der Waals surface area contributed by atoms with Crippen molar-refractivity contribution in [3.63, 3.8) is 0 Å². The van der Waals surface area contributed by atoms with Gasteiger partial charge in [-0.25, -0.2) is 9.97 Å². The van der Waals surface area contributed by atoms with Crippen molar-refractivity contribution in [3.8, 4) is 22.5 Å². The zero-order chi connectivity index (χ0) is 20.2. The quantitative estimate of drug-likeness (QED) is 0.391. The number of hydrogen-bond acceptors (Lipinski definition) is 4. The van der Waals surface area contributed by atoms with E-state index in [0.29, 0.717) is 0 Å². The fraction of sp³-hybridized carbons (Fsp3) is 0.0833. The van der Waals surface area contributed by atoms with Crippen LogP contribution in [0, 0.1) is 13.8 Å². The molecule has 144 valence electrons. The minimum absolute atomic E-state index is 0.898. The Labute approximate surface area is 172 Å². The molecule has 6 nitrogen and oxygen atoms in total. The zero-order valence-electron chi connectivity index (χ0n) is 16.6. The van der Waals surface area contributed by atoms with E-state index < -0.39 is 0 Å². The molecule has 2 N–H and O–H groups in total. The lowest BCUT2D eigenvalue weighted by molar-refractivity contribution is 1.15. The summed E-state index contributed by atoms with van der Waals surface area (Å²) in [6.07, 6.45) is 7.24. The maximum atomic E-state index is 4.70. The Balaban J connectivity index is 1.68. The second-order valence-electron chi connectivity index (χ2n) is 7.54. The SMILES string of the molecule is Cc1ncc(-c2ccc3c4ccc(-c5cnc(C)[nH]5)cc4c4nccnc4c3c2)[nH]1. The summed E-state index contributed by atoms with van der Waals surface area (Å²) < 4.78 is 0. The van der Waals surface area contributed by atoms with Gasteiger partial charge in [-0.15, -0.1) is 0 Å². The second kappa shape index (κ2) is 6.22. The molecule has 0 aliphatic heterocycles. The highest BCUT2D eigenvalue weighted by Crippen LogP contribution is 2.36. The van der Waals surface area contributed by atoms with Crippen LogP contribution in [0.25, 0.3) is 55.1 Å². The standard InChI is InChI=1S/C24H18N6/c1-13-27-11-21(29-13)15-3-5-17-18-6-4-16(22-12-28-14(2)30-22)10-20(18)24-23(19(17)9-15)25-7-8-26-24/h3-12H,1-2H3,(H,27,29)(H,28,30). The Morgan fingerprint density at radius 1 is 0.567 bits per heavy atom. The van der Waals surface area contributed by atoms with Gasteiger partial charge in [0.05, 0.1) is 34.8 Å². The van der Waals surface area contributed by atoms with Crippen LogP contribution in [-0.4, -0.2) is 29.9 Å². The molecule has 6 aromatic rings. The third-order valence-electron chi connectivity index (χ3n) is 5.57. The van der Waals surface area contributed by atoms with Crippen molar-refractivity contribution in [2.45, 2.75) is 13.8 Å². The van der Waals surface area contributed by atoms with E-state index in [2.05, 4.69) is 56.3 Å². The van der Waals surface area contributed by atoms with E-state index in [1.54, 1.807) is 12.4 Å². The molecular formula is C24H18N6. The number of fused-ring (bicyclic) bond motifs is 6. The van der Waals surface area contributed by atoms with Gasteiger partial charge in [-0.3, -0.25) is 9.97 Å². The Hall–Kier alpha value is -4.06. The van der Waals surface area contributed by atoms with Gasteiger partial charge in [-0.1, -0.05) is 24.3 Å². The molecule has 0 aliphatic rings. The molecular weight excluding hydrogens is 372 g/mol. The van der Waals surface area contributed by atoms with Gasteiger partial charge < -0.3 is 9.97 Å². The van der Waals surface area contributed by atoms with Crippen molar-refractivity contribution in [2.24, 2.45) is 0 Å². The Bertz CT molecular complexity index is 1430. The summed E-state index contributed by atoms with van der Waals surface area (Å²) in [5.74, 6) is 1.80. The topological polar surface area (TPSA) is 83.1 Å². The van der Waals surface area contributed by atoms with Crippen molar-refractivity contribution in [2.75, 3.05) is 0 Å². The average Bonchev–Trinajstić information content (AvgIpc) is 3.41. The van der Waals surface area contributed by atoms with Crippen LogP contribution in [0.15, 0.2) is 61.2 Å². The van der Waals surface area contributed by atoms with Gasteiger partial charge in [0.25, 0.3) is 0 Å². The highest BCUT2D eigenvalue weighted by molar-refractivity contribution is 6.23. The number of aryl methyl sites for hydroxylation is 2. The summed E-state index contributed by atoms with van der Waals surface area (Å²) in [7, 11) is 0. The van der Waals surface area contributed by atoms with Crippen LogP contribution < -0.4 is 0 Å². The molecule has 0 amide bonds. The van der Waals surface area contributed by atoms with Gasteiger partial charge in [0, 0.05) is 34.3 Å². The lowest BCUT2D eigenvalue weighted by Crippen LogP contribution is -1.90. The summed E-state index contributed by atoms with van der Waals surface area (Å²) in [4.78, 5) is 24.7. The fourth-order valence-corrected chi connectivity index (χ4v) is 4.15. The third kappa shape index (κ3) is 2.50. The van der Waals surface area contributed by atoms with Crippen LogP contribution in [0.5, 0.6) is 0 Å². The predicted molar refractivity (Wildman–Crippen MR) is 119 cm³/mol. The smallest absolute Gasteiger partial charge is 0.103 e. The summed E-state index contributed by atoms with van der Waals surface area (Å²) in [6, 6.07) is 12.9. The summed E-state index contributed by atoms with van der Waals surface area (Å²) in [5, 5.41) is 4.48.